The van der Waals surface area contributed by atoms with Crippen molar-refractivity contribution in [2.75, 3.05) is 0 Å². The Labute approximate surface area is 140 Å². The van der Waals surface area contributed by atoms with E-state index in [0.717, 1.165) is 27.7 Å². The number of hydrogen-bond acceptors (Lipinski definition) is 3. The van der Waals surface area contributed by atoms with Crippen molar-refractivity contribution in [2.45, 2.75) is 39.7 Å². The third-order valence-electron chi connectivity index (χ3n) is 3.84. The Morgan fingerprint density at radius 3 is 2.48 bits per heavy atom. The average molecular weight is 330 g/mol. The number of rotatable bonds is 2. The standard InChI is InChI=1S/C18H20ClN3O/c1-11-7-12(17(23)14(8-11)18(2,3)4)10-22-20-15-6-5-13(19)9-16(15)21-22/h5-9,23H,10H2,1-4H3. The number of benzene rings is 2. The second-order valence-electron chi connectivity index (χ2n) is 6.93. The van der Waals surface area contributed by atoms with Crippen LogP contribution >= 0.6 is 11.6 Å². The Hall–Kier alpha value is -2.07. The molecule has 23 heavy (non-hydrogen) atoms. The summed E-state index contributed by atoms with van der Waals surface area (Å²) < 4.78 is 0. The van der Waals surface area contributed by atoms with Crippen molar-refractivity contribution in [3.8, 4) is 5.75 Å². The van der Waals surface area contributed by atoms with Crippen LogP contribution in [-0.2, 0) is 12.0 Å². The number of aromatic nitrogens is 3. The average Bonchev–Trinajstić information content (AvgIpc) is 2.82. The molecule has 0 bridgehead atoms. The Bertz CT molecular complexity index is 878. The summed E-state index contributed by atoms with van der Waals surface area (Å²) in [5.41, 5.74) is 4.29. The molecule has 0 radical (unpaired) electrons. The number of phenols is 1. The lowest BCUT2D eigenvalue weighted by Gasteiger charge is -2.22. The molecule has 2 aromatic carbocycles. The van der Waals surface area contributed by atoms with Gasteiger partial charge in [0.15, 0.2) is 0 Å². The first-order valence-electron chi connectivity index (χ1n) is 7.57. The SMILES string of the molecule is Cc1cc(Cn2nc3ccc(Cl)cc3n2)c(O)c(C(C)(C)C)c1. The predicted molar refractivity (Wildman–Crippen MR) is 93.2 cm³/mol. The van der Waals surface area contributed by atoms with Crippen LogP contribution < -0.4 is 0 Å². The van der Waals surface area contributed by atoms with Gasteiger partial charge in [-0.1, -0.05) is 50.1 Å². The maximum absolute atomic E-state index is 10.6. The number of nitrogens with zero attached hydrogens (tertiary/aromatic N) is 3. The first-order valence-corrected chi connectivity index (χ1v) is 7.95. The molecule has 0 spiro atoms. The minimum atomic E-state index is -0.124. The molecule has 0 aliphatic heterocycles. The van der Waals surface area contributed by atoms with Crippen LogP contribution in [-0.4, -0.2) is 20.1 Å². The first kappa shape index (κ1) is 15.8. The lowest BCUT2D eigenvalue weighted by molar-refractivity contribution is 0.434. The van der Waals surface area contributed by atoms with Crippen LogP contribution in [0.3, 0.4) is 0 Å². The van der Waals surface area contributed by atoms with Crippen molar-refractivity contribution in [3.63, 3.8) is 0 Å². The molecule has 0 fully saturated rings. The first-order chi connectivity index (χ1) is 10.7. The summed E-state index contributed by atoms with van der Waals surface area (Å²) in [5.74, 6) is 0.322. The lowest BCUT2D eigenvalue weighted by atomic mass is 9.84. The summed E-state index contributed by atoms with van der Waals surface area (Å²) in [6, 6.07) is 9.44. The van der Waals surface area contributed by atoms with Crippen LogP contribution in [0, 0.1) is 6.92 Å². The van der Waals surface area contributed by atoms with E-state index in [9.17, 15) is 5.11 Å². The van der Waals surface area contributed by atoms with Gasteiger partial charge in [-0.2, -0.15) is 15.0 Å². The number of halogens is 1. The molecule has 0 atom stereocenters. The normalized spacial score (nSPS) is 12.0. The van der Waals surface area contributed by atoms with E-state index in [2.05, 4.69) is 31.0 Å². The number of phenolic OH excluding ortho intramolecular Hbond substituents is 1. The molecule has 4 nitrogen and oxygen atoms in total. The number of aryl methyl sites for hydroxylation is 1. The summed E-state index contributed by atoms with van der Waals surface area (Å²) in [4.78, 5) is 1.60. The molecule has 1 heterocycles. The van der Waals surface area contributed by atoms with Crippen molar-refractivity contribution in [1.29, 1.82) is 0 Å². The minimum Gasteiger partial charge on any atom is -0.507 e. The Morgan fingerprint density at radius 2 is 1.78 bits per heavy atom. The molecule has 3 aromatic rings. The number of hydrogen-bond donors (Lipinski definition) is 1. The maximum Gasteiger partial charge on any atom is 0.124 e. The number of fused-ring (bicyclic) bond motifs is 1. The van der Waals surface area contributed by atoms with Gasteiger partial charge < -0.3 is 5.11 Å². The van der Waals surface area contributed by atoms with Crippen molar-refractivity contribution >= 4 is 22.6 Å². The quantitative estimate of drug-likeness (QED) is 0.756. The zero-order chi connectivity index (χ0) is 16.8. The summed E-state index contributed by atoms with van der Waals surface area (Å²) in [7, 11) is 0. The summed E-state index contributed by atoms with van der Waals surface area (Å²) in [5, 5.41) is 20.2. The largest absolute Gasteiger partial charge is 0.507 e. The van der Waals surface area contributed by atoms with E-state index in [4.69, 9.17) is 11.6 Å². The highest BCUT2D eigenvalue weighted by atomic mass is 35.5. The van der Waals surface area contributed by atoms with Crippen LogP contribution in [0.4, 0.5) is 0 Å². The van der Waals surface area contributed by atoms with Gasteiger partial charge in [0.05, 0.1) is 6.54 Å². The molecule has 3 rings (SSSR count). The van der Waals surface area contributed by atoms with Gasteiger partial charge in [0.25, 0.3) is 0 Å². The molecule has 0 amide bonds. The van der Waals surface area contributed by atoms with Gasteiger partial charge in [-0.05, 0) is 36.1 Å². The van der Waals surface area contributed by atoms with E-state index in [0.29, 0.717) is 17.3 Å². The number of aromatic hydroxyl groups is 1. The van der Waals surface area contributed by atoms with Crippen LogP contribution in [0.2, 0.25) is 5.02 Å². The van der Waals surface area contributed by atoms with Crippen molar-refractivity contribution in [3.05, 3.63) is 52.0 Å². The zero-order valence-electron chi connectivity index (χ0n) is 13.8. The fourth-order valence-corrected chi connectivity index (χ4v) is 2.87. The van der Waals surface area contributed by atoms with Crippen LogP contribution in [0.25, 0.3) is 11.0 Å². The maximum atomic E-state index is 10.6. The van der Waals surface area contributed by atoms with E-state index in [-0.39, 0.29) is 5.41 Å². The van der Waals surface area contributed by atoms with Crippen molar-refractivity contribution in [2.24, 2.45) is 0 Å². The monoisotopic (exact) mass is 329 g/mol. The topological polar surface area (TPSA) is 50.9 Å². The molecule has 0 aliphatic carbocycles. The lowest BCUT2D eigenvalue weighted by Crippen LogP contribution is -2.13. The molecule has 0 saturated heterocycles. The molecule has 0 unspecified atom stereocenters. The smallest absolute Gasteiger partial charge is 0.124 e. The van der Waals surface area contributed by atoms with E-state index >= 15 is 0 Å². The van der Waals surface area contributed by atoms with Crippen LogP contribution in [0.15, 0.2) is 30.3 Å². The van der Waals surface area contributed by atoms with Gasteiger partial charge in [-0.15, -0.1) is 0 Å². The summed E-state index contributed by atoms with van der Waals surface area (Å²) in [6.45, 7) is 8.73. The van der Waals surface area contributed by atoms with Crippen LogP contribution in [0.1, 0.15) is 37.5 Å². The molecule has 0 saturated carbocycles. The zero-order valence-corrected chi connectivity index (χ0v) is 14.5. The highest BCUT2D eigenvalue weighted by molar-refractivity contribution is 6.31. The van der Waals surface area contributed by atoms with E-state index in [1.807, 2.05) is 25.1 Å². The van der Waals surface area contributed by atoms with Crippen molar-refractivity contribution < 1.29 is 5.11 Å². The van der Waals surface area contributed by atoms with E-state index in [1.54, 1.807) is 16.9 Å². The highest BCUT2D eigenvalue weighted by Crippen LogP contribution is 2.34. The van der Waals surface area contributed by atoms with Gasteiger partial charge in [0.1, 0.15) is 16.8 Å². The van der Waals surface area contributed by atoms with Gasteiger partial charge in [-0.3, -0.25) is 0 Å². The minimum absolute atomic E-state index is 0.124. The third kappa shape index (κ3) is 3.17. The fraction of sp³-hybridized carbons (Fsp3) is 0.333. The van der Waals surface area contributed by atoms with Crippen molar-refractivity contribution in [1.82, 2.24) is 15.0 Å². The molecule has 1 aromatic heterocycles. The molecular formula is C18H20ClN3O. The fourth-order valence-electron chi connectivity index (χ4n) is 2.70. The third-order valence-corrected chi connectivity index (χ3v) is 4.07. The second-order valence-corrected chi connectivity index (χ2v) is 7.37. The van der Waals surface area contributed by atoms with Gasteiger partial charge in [0.2, 0.25) is 0 Å². The van der Waals surface area contributed by atoms with Crippen LogP contribution in [0.5, 0.6) is 5.75 Å². The van der Waals surface area contributed by atoms with Gasteiger partial charge in [0, 0.05) is 10.6 Å². The molecule has 1 N–H and O–H groups in total. The van der Waals surface area contributed by atoms with E-state index in [1.165, 1.54) is 0 Å². The summed E-state index contributed by atoms with van der Waals surface area (Å²) >= 11 is 5.99. The Morgan fingerprint density at radius 1 is 1.09 bits per heavy atom. The molecule has 0 aliphatic rings. The van der Waals surface area contributed by atoms with Gasteiger partial charge >= 0.3 is 0 Å². The van der Waals surface area contributed by atoms with Gasteiger partial charge in [-0.25, -0.2) is 0 Å². The van der Waals surface area contributed by atoms with E-state index < -0.39 is 0 Å². The molecule has 5 heteroatoms. The Balaban J connectivity index is 2.03. The summed E-state index contributed by atoms with van der Waals surface area (Å²) in [6.07, 6.45) is 0. The highest BCUT2D eigenvalue weighted by Gasteiger charge is 2.21. The Kier molecular flexibility index (Phi) is 3.80. The molecule has 120 valence electrons. The molecular weight excluding hydrogens is 310 g/mol. The predicted octanol–water partition coefficient (Wildman–Crippen LogP) is 4.44. The second kappa shape index (κ2) is 5.53.